The maximum atomic E-state index is 12.0. The number of nitrogens with zero attached hydrogens (tertiary/aromatic N) is 4. The monoisotopic (exact) mass is 349 g/mol. The van der Waals surface area contributed by atoms with Gasteiger partial charge in [-0.3, -0.25) is 0 Å². The van der Waals surface area contributed by atoms with Gasteiger partial charge in [-0.15, -0.1) is 0 Å². The molecule has 0 atom stereocenters. The van der Waals surface area contributed by atoms with E-state index in [1.54, 1.807) is 18.2 Å². The summed E-state index contributed by atoms with van der Waals surface area (Å²) in [5.74, 6) is 0. The van der Waals surface area contributed by atoms with Crippen LogP contribution in [0.15, 0.2) is 41.2 Å². The van der Waals surface area contributed by atoms with Gasteiger partial charge in [-0.05, 0) is 47.5 Å². The standard InChI is InChI=1S/C15H13Cl2N5O/c1-9-4-10(2-3-14(9)18)8-21-20-19-15(23)22(21)13-6-11(16)5-12(17)7-13/h2-7H,8,18H2,1H3. The zero-order valence-corrected chi connectivity index (χ0v) is 13.7. The first-order chi connectivity index (χ1) is 10.9. The Morgan fingerprint density at radius 1 is 1.13 bits per heavy atom. The molecule has 8 heteroatoms. The summed E-state index contributed by atoms with van der Waals surface area (Å²) in [6.45, 7) is 2.28. The third-order valence-electron chi connectivity index (χ3n) is 3.40. The molecule has 0 fully saturated rings. The van der Waals surface area contributed by atoms with Crippen molar-refractivity contribution in [1.82, 2.24) is 19.8 Å². The van der Waals surface area contributed by atoms with E-state index in [1.165, 1.54) is 9.48 Å². The van der Waals surface area contributed by atoms with Crippen LogP contribution in [-0.2, 0) is 6.54 Å². The predicted octanol–water partition coefficient (Wildman–Crippen LogP) is 2.67. The molecule has 2 aromatic carbocycles. The van der Waals surface area contributed by atoms with Gasteiger partial charge in [-0.1, -0.05) is 40.4 Å². The molecule has 0 bridgehead atoms. The molecule has 6 nitrogen and oxygen atoms in total. The van der Waals surface area contributed by atoms with Crippen molar-refractivity contribution < 1.29 is 0 Å². The highest BCUT2D eigenvalue weighted by atomic mass is 35.5. The molecule has 3 aromatic rings. The third kappa shape index (κ3) is 3.23. The van der Waals surface area contributed by atoms with Gasteiger partial charge in [-0.25, -0.2) is 4.79 Å². The molecule has 2 N–H and O–H groups in total. The SMILES string of the molecule is Cc1cc(Cn2nnc(=O)n2-c2cc(Cl)cc(Cl)c2)ccc1N. The van der Waals surface area contributed by atoms with E-state index in [0.29, 0.717) is 28.0 Å². The highest BCUT2D eigenvalue weighted by Crippen LogP contribution is 2.21. The summed E-state index contributed by atoms with van der Waals surface area (Å²) >= 11 is 12.0. The van der Waals surface area contributed by atoms with E-state index in [4.69, 9.17) is 28.9 Å². The molecule has 0 aliphatic heterocycles. The lowest BCUT2D eigenvalue weighted by Crippen LogP contribution is -2.22. The number of nitrogens with two attached hydrogens (primary N) is 1. The van der Waals surface area contributed by atoms with Crippen LogP contribution in [-0.4, -0.2) is 19.8 Å². The molecule has 118 valence electrons. The Balaban J connectivity index is 2.05. The second-order valence-electron chi connectivity index (χ2n) is 5.13. The lowest BCUT2D eigenvalue weighted by molar-refractivity contribution is 0.513. The third-order valence-corrected chi connectivity index (χ3v) is 3.83. The lowest BCUT2D eigenvalue weighted by Gasteiger charge is -2.10. The summed E-state index contributed by atoms with van der Waals surface area (Å²) in [5, 5.41) is 8.35. The highest BCUT2D eigenvalue weighted by Gasteiger charge is 2.11. The topological polar surface area (TPSA) is 78.7 Å². The predicted molar refractivity (Wildman–Crippen MR) is 90.3 cm³/mol. The van der Waals surface area contributed by atoms with Gasteiger partial charge in [0.1, 0.15) is 0 Å². The van der Waals surface area contributed by atoms with Crippen molar-refractivity contribution in [2.24, 2.45) is 0 Å². The van der Waals surface area contributed by atoms with Crippen molar-refractivity contribution in [2.45, 2.75) is 13.5 Å². The van der Waals surface area contributed by atoms with Crippen LogP contribution in [0.5, 0.6) is 0 Å². The fourth-order valence-electron chi connectivity index (χ4n) is 2.28. The minimum Gasteiger partial charge on any atom is -0.399 e. The first kappa shape index (κ1) is 15.6. The van der Waals surface area contributed by atoms with E-state index in [-0.39, 0.29) is 0 Å². The second kappa shape index (κ2) is 6.06. The van der Waals surface area contributed by atoms with E-state index in [1.807, 2.05) is 25.1 Å². The number of nitrogen functional groups attached to an aromatic ring is 1. The maximum Gasteiger partial charge on any atom is 0.388 e. The number of hydrogen-bond acceptors (Lipinski definition) is 4. The minimum absolute atomic E-state index is 0.362. The van der Waals surface area contributed by atoms with Gasteiger partial charge in [0, 0.05) is 15.7 Å². The van der Waals surface area contributed by atoms with E-state index in [9.17, 15) is 4.79 Å². The molecule has 0 saturated carbocycles. The second-order valence-corrected chi connectivity index (χ2v) is 6.01. The van der Waals surface area contributed by atoms with Crippen LogP contribution >= 0.6 is 23.2 Å². The van der Waals surface area contributed by atoms with E-state index < -0.39 is 5.69 Å². The number of aryl methyl sites for hydroxylation is 1. The van der Waals surface area contributed by atoms with Gasteiger partial charge < -0.3 is 5.73 Å². The molecular weight excluding hydrogens is 337 g/mol. The van der Waals surface area contributed by atoms with Crippen LogP contribution in [0.4, 0.5) is 5.69 Å². The van der Waals surface area contributed by atoms with Crippen molar-refractivity contribution >= 4 is 28.9 Å². The van der Waals surface area contributed by atoms with Gasteiger partial charge in [0.05, 0.1) is 12.2 Å². The number of halogens is 2. The summed E-state index contributed by atoms with van der Waals surface area (Å²) in [7, 11) is 0. The van der Waals surface area contributed by atoms with Crippen molar-refractivity contribution in [3.05, 3.63) is 68.1 Å². The lowest BCUT2D eigenvalue weighted by atomic mass is 10.1. The summed E-state index contributed by atoms with van der Waals surface area (Å²) in [6, 6.07) is 10.5. The Morgan fingerprint density at radius 2 is 1.83 bits per heavy atom. The summed E-state index contributed by atoms with van der Waals surface area (Å²) in [5.41, 5.74) is 8.44. The van der Waals surface area contributed by atoms with Crippen LogP contribution in [0.3, 0.4) is 0 Å². The normalized spacial score (nSPS) is 10.9. The smallest absolute Gasteiger partial charge is 0.388 e. The van der Waals surface area contributed by atoms with Gasteiger partial charge in [0.25, 0.3) is 0 Å². The zero-order chi connectivity index (χ0) is 16.6. The van der Waals surface area contributed by atoms with Crippen LogP contribution in [0.1, 0.15) is 11.1 Å². The summed E-state index contributed by atoms with van der Waals surface area (Å²) in [6.07, 6.45) is 0. The van der Waals surface area contributed by atoms with E-state index in [2.05, 4.69) is 10.3 Å². The number of anilines is 1. The average Bonchev–Trinajstić information content (AvgIpc) is 2.83. The quantitative estimate of drug-likeness (QED) is 0.737. The fraction of sp³-hybridized carbons (Fsp3) is 0.133. The van der Waals surface area contributed by atoms with Crippen LogP contribution < -0.4 is 11.4 Å². The summed E-state index contributed by atoms with van der Waals surface area (Å²) in [4.78, 5) is 13.5. The molecule has 0 spiro atoms. The number of aromatic nitrogens is 4. The number of hydrogen-bond donors (Lipinski definition) is 1. The van der Waals surface area contributed by atoms with Gasteiger partial charge in [0.2, 0.25) is 0 Å². The Kier molecular flexibility index (Phi) is 4.11. The van der Waals surface area contributed by atoms with Crippen molar-refractivity contribution in [2.75, 3.05) is 5.73 Å². The van der Waals surface area contributed by atoms with Gasteiger partial charge in [0.15, 0.2) is 0 Å². The minimum atomic E-state index is -0.504. The van der Waals surface area contributed by atoms with E-state index in [0.717, 1.165) is 11.1 Å². The van der Waals surface area contributed by atoms with E-state index >= 15 is 0 Å². The number of tetrazole rings is 1. The molecule has 0 aliphatic rings. The van der Waals surface area contributed by atoms with Crippen LogP contribution in [0.2, 0.25) is 10.0 Å². The Bertz CT molecular complexity index is 912. The maximum absolute atomic E-state index is 12.0. The first-order valence-electron chi connectivity index (χ1n) is 6.78. The Labute approximate surface area is 142 Å². The van der Waals surface area contributed by atoms with Gasteiger partial charge in [-0.2, -0.15) is 9.48 Å². The molecular formula is C15H13Cl2N5O. The van der Waals surface area contributed by atoms with Gasteiger partial charge >= 0.3 is 5.69 Å². The Morgan fingerprint density at radius 3 is 2.48 bits per heavy atom. The first-order valence-corrected chi connectivity index (χ1v) is 7.54. The van der Waals surface area contributed by atoms with Crippen LogP contribution in [0, 0.1) is 6.92 Å². The summed E-state index contributed by atoms with van der Waals surface area (Å²) < 4.78 is 1.32. The molecule has 0 radical (unpaired) electrons. The average molecular weight is 350 g/mol. The molecule has 1 heterocycles. The molecule has 0 saturated heterocycles. The molecule has 0 aliphatic carbocycles. The number of rotatable bonds is 3. The highest BCUT2D eigenvalue weighted by molar-refractivity contribution is 6.34. The largest absolute Gasteiger partial charge is 0.399 e. The molecule has 0 amide bonds. The number of benzene rings is 2. The Hall–Kier alpha value is -2.31. The molecule has 0 unspecified atom stereocenters. The van der Waals surface area contributed by atoms with Crippen LogP contribution in [0.25, 0.3) is 5.69 Å². The fourth-order valence-corrected chi connectivity index (χ4v) is 2.79. The van der Waals surface area contributed by atoms with Crippen molar-refractivity contribution in [1.29, 1.82) is 0 Å². The molecule has 23 heavy (non-hydrogen) atoms. The molecule has 3 rings (SSSR count). The molecule has 1 aromatic heterocycles. The van der Waals surface area contributed by atoms with Crippen molar-refractivity contribution in [3.63, 3.8) is 0 Å². The zero-order valence-electron chi connectivity index (χ0n) is 12.2. The van der Waals surface area contributed by atoms with Crippen molar-refractivity contribution in [3.8, 4) is 5.69 Å².